The number of rotatable bonds is 2. The fourth-order valence-corrected chi connectivity index (χ4v) is 1.65. The van der Waals surface area contributed by atoms with Gasteiger partial charge in [-0.15, -0.1) is 0 Å². The van der Waals surface area contributed by atoms with E-state index in [2.05, 4.69) is 62.4 Å². The Morgan fingerprint density at radius 1 is 0.600 bits per heavy atom. The summed E-state index contributed by atoms with van der Waals surface area (Å²) in [5.41, 5.74) is 5.40. The van der Waals surface area contributed by atoms with Crippen molar-refractivity contribution in [2.24, 2.45) is 0 Å². The van der Waals surface area contributed by atoms with Crippen LogP contribution in [0.1, 0.15) is 22.3 Å². The second-order valence-corrected chi connectivity index (χ2v) is 4.15. The molecule has 2 aromatic carbocycles. The van der Waals surface area contributed by atoms with Crippen molar-refractivity contribution in [1.29, 1.82) is 0 Å². The van der Waals surface area contributed by atoms with E-state index in [1.165, 1.54) is 22.3 Å². The fraction of sp³-hybridized carbons (Fsp3) is 0.200. The molecule has 0 bridgehead atoms. The van der Waals surface area contributed by atoms with E-state index in [-0.39, 0.29) is 0 Å². The van der Waals surface area contributed by atoms with Crippen LogP contribution in [0, 0.1) is 13.8 Å². The molecule has 0 heteroatoms. The molecule has 0 saturated heterocycles. The van der Waals surface area contributed by atoms with Gasteiger partial charge in [-0.2, -0.15) is 0 Å². The van der Waals surface area contributed by atoms with Gasteiger partial charge in [0, 0.05) is 0 Å². The van der Waals surface area contributed by atoms with E-state index >= 15 is 0 Å². The maximum Gasteiger partial charge on any atom is -0.00258 e. The quantitative estimate of drug-likeness (QED) is 0.683. The lowest BCUT2D eigenvalue weighted by molar-refractivity contribution is 1.18. The Morgan fingerprint density at radius 3 is 1.27 bits per heavy atom. The molecule has 0 spiro atoms. The smallest absolute Gasteiger partial charge is 0.00258 e. The van der Waals surface area contributed by atoms with Gasteiger partial charge in [0.05, 0.1) is 0 Å². The van der Waals surface area contributed by atoms with Crippen molar-refractivity contribution in [2.75, 3.05) is 0 Å². The zero-order valence-electron chi connectivity index (χ0n) is 9.33. The molecular weight excluding hydrogens is 180 g/mol. The van der Waals surface area contributed by atoms with E-state index in [0.29, 0.717) is 0 Å². The highest BCUT2D eigenvalue weighted by molar-refractivity contribution is 5.29. The van der Waals surface area contributed by atoms with Crippen molar-refractivity contribution < 1.29 is 0 Å². The van der Waals surface area contributed by atoms with E-state index in [1.807, 2.05) is 0 Å². The van der Waals surface area contributed by atoms with Crippen molar-refractivity contribution >= 4 is 0 Å². The minimum absolute atomic E-state index is 1.03. The van der Waals surface area contributed by atoms with Crippen LogP contribution in [-0.2, 0) is 6.42 Å². The topological polar surface area (TPSA) is 0 Å². The Bertz CT molecular complexity index is 377. The van der Waals surface area contributed by atoms with Crippen molar-refractivity contribution in [1.82, 2.24) is 0 Å². The molecule has 15 heavy (non-hydrogen) atoms. The summed E-state index contributed by atoms with van der Waals surface area (Å²) >= 11 is 0. The lowest BCUT2D eigenvalue weighted by Crippen LogP contribution is -1.88. The van der Waals surface area contributed by atoms with Crippen molar-refractivity contribution in [3.05, 3.63) is 70.8 Å². The first-order valence-corrected chi connectivity index (χ1v) is 5.35. The van der Waals surface area contributed by atoms with E-state index < -0.39 is 0 Å². The second kappa shape index (κ2) is 4.31. The second-order valence-electron chi connectivity index (χ2n) is 4.15. The monoisotopic (exact) mass is 196 g/mol. The highest BCUT2D eigenvalue weighted by Gasteiger charge is 1.95. The molecule has 0 N–H and O–H groups in total. The molecule has 0 aromatic heterocycles. The third-order valence-electron chi connectivity index (χ3n) is 2.65. The molecule has 2 aromatic rings. The van der Waals surface area contributed by atoms with Crippen LogP contribution >= 0.6 is 0 Å². The molecule has 0 aliphatic carbocycles. The summed E-state index contributed by atoms with van der Waals surface area (Å²) in [4.78, 5) is 0. The van der Waals surface area contributed by atoms with Gasteiger partial charge in [0.15, 0.2) is 0 Å². The van der Waals surface area contributed by atoms with Gasteiger partial charge < -0.3 is 0 Å². The maximum absolute atomic E-state index is 2.20. The summed E-state index contributed by atoms with van der Waals surface area (Å²) < 4.78 is 0. The Kier molecular flexibility index (Phi) is 2.86. The van der Waals surface area contributed by atoms with Crippen LogP contribution in [0.3, 0.4) is 0 Å². The first-order valence-electron chi connectivity index (χ1n) is 5.35. The van der Waals surface area contributed by atoms with E-state index in [4.69, 9.17) is 0 Å². The third kappa shape index (κ3) is 2.69. The van der Waals surface area contributed by atoms with Gasteiger partial charge in [-0.3, -0.25) is 0 Å². The number of benzene rings is 2. The lowest BCUT2D eigenvalue weighted by Gasteiger charge is -2.03. The van der Waals surface area contributed by atoms with Gasteiger partial charge in [-0.1, -0.05) is 59.7 Å². The predicted molar refractivity (Wildman–Crippen MR) is 65.2 cm³/mol. The van der Waals surface area contributed by atoms with E-state index in [0.717, 1.165) is 6.42 Å². The summed E-state index contributed by atoms with van der Waals surface area (Å²) in [5.74, 6) is 0. The van der Waals surface area contributed by atoms with Gasteiger partial charge in [0.1, 0.15) is 0 Å². The van der Waals surface area contributed by atoms with Crippen LogP contribution < -0.4 is 0 Å². The summed E-state index contributed by atoms with van der Waals surface area (Å²) in [7, 11) is 0. The van der Waals surface area contributed by atoms with Crippen LogP contribution in [-0.4, -0.2) is 0 Å². The van der Waals surface area contributed by atoms with Gasteiger partial charge in [0.2, 0.25) is 0 Å². The van der Waals surface area contributed by atoms with Gasteiger partial charge in [-0.25, -0.2) is 0 Å². The minimum atomic E-state index is 1.03. The Hall–Kier alpha value is -1.56. The maximum atomic E-state index is 2.20. The largest absolute Gasteiger partial charge is 0.0590 e. The normalized spacial score (nSPS) is 10.3. The third-order valence-corrected chi connectivity index (χ3v) is 2.65. The summed E-state index contributed by atoms with van der Waals surface area (Å²) in [5, 5.41) is 0. The van der Waals surface area contributed by atoms with Gasteiger partial charge in [-0.05, 0) is 31.4 Å². The minimum Gasteiger partial charge on any atom is -0.0590 e. The van der Waals surface area contributed by atoms with Gasteiger partial charge in [0.25, 0.3) is 0 Å². The standard InChI is InChI=1S/C15H16/c1-12-3-7-14(8-4-12)11-15-9-5-13(2)6-10-15/h3-10H,11H2,1-2H3. The van der Waals surface area contributed by atoms with E-state index in [1.54, 1.807) is 0 Å². The van der Waals surface area contributed by atoms with E-state index in [9.17, 15) is 0 Å². The average Bonchev–Trinajstić information content (AvgIpc) is 2.25. The zero-order valence-corrected chi connectivity index (χ0v) is 9.33. The average molecular weight is 196 g/mol. The molecule has 0 fully saturated rings. The van der Waals surface area contributed by atoms with Crippen LogP contribution in [0.25, 0.3) is 0 Å². The molecule has 0 amide bonds. The van der Waals surface area contributed by atoms with Crippen LogP contribution in [0.15, 0.2) is 48.5 Å². The highest BCUT2D eigenvalue weighted by Crippen LogP contribution is 2.11. The summed E-state index contributed by atoms with van der Waals surface area (Å²) in [6, 6.07) is 17.5. The SMILES string of the molecule is Cc1ccc(Cc2ccc(C)cc2)cc1. The summed E-state index contributed by atoms with van der Waals surface area (Å²) in [6.07, 6.45) is 1.03. The first kappa shape index (κ1) is 9.97. The van der Waals surface area contributed by atoms with Crippen molar-refractivity contribution in [3.63, 3.8) is 0 Å². The molecule has 0 saturated carbocycles. The molecule has 2 rings (SSSR count). The van der Waals surface area contributed by atoms with Crippen LogP contribution in [0.2, 0.25) is 0 Å². The van der Waals surface area contributed by atoms with Crippen LogP contribution in [0.5, 0.6) is 0 Å². The zero-order chi connectivity index (χ0) is 10.7. The molecule has 0 atom stereocenters. The molecule has 0 aliphatic heterocycles. The molecule has 0 nitrogen and oxygen atoms in total. The molecule has 0 unspecified atom stereocenters. The Labute approximate surface area is 91.6 Å². The van der Waals surface area contributed by atoms with Crippen molar-refractivity contribution in [3.8, 4) is 0 Å². The Balaban J connectivity index is 2.15. The summed E-state index contributed by atoms with van der Waals surface area (Å²) in [6.45, 7) is 4.24. The van der Waals surface area contributed by atoms with Gasteiger partial charge >= 0.3 is 0 Å². The van der Waals surface area contributed by atoms with Crippen LogP contribution in [0.4, 0.5) is 0 Å². The fourth-order valence-electron chi connectivity index (χ4n) is 1.65. The number of hydrogen-bond acceptors (Lipinski definition) is 0. The number of aryl methyl sites for hydroxylation is 2. The van der Waals surface area contributed by atoms with Crippen molar-refractivity contribution in [2.45, 2.75) is 20.3 Å². The predicted octanol–water partition coefficient (Wildman–Crippen LogP) is 3.89. The first-order chi connectivity index (χ1) is 7.24. The molecule has 0 heterocycles. The molecular formula is C15H16. The lowest BCUT2D eigenvalue weighted by atomic mass is 10.0. The number of hydrogen-bond donors (Lipinski definition) is 0. The highest BCUT2D eigenvalue weighted by atomic mass is 14.0. The molecule has 0 aliphatic rings. The Morgan fingerprint density at radius 2 is 0.933 bits per heavy atom. The molecule has 0 radical (unpaired) electrons. The molecule has 76 valence electrons.